The minimum Gasteiger partial charge on any atom is -0.496 e. The second-order valence-corrected chi connectivity index (χ2v) is 3.84. The van der Waals surface area contributed by atoms with Gasteiger partial charge in [-0.15, -0.1) is 0 Å². The third-order valence-electron chi connectivity index (χ3n) is 2.85. The lowest BCUT2D eigenvalue weighted by molar-refractivity contribution is 0.203. The van der Waals surface area contributed by atoms with E-state index in [4.69, 9.17) is 9.84 Å². The van der Waals surface area contributed by atoms with Gasteiger partial charge in [0.2, 0.25) is 0 Å². The van der Waals surface area contributed by atoms with E-state index in [1.807, 2.05) is 26.8 Å². The summed E-state index contributed by atoms with van der Waals surface area (Å²) in [5.41, 5.74) is 3.54. The number of anilines is 1. The maximum atomic E-state index is 10.9. The number of hydrogen-bond donors (Lipinski definition) is 1. The van der Waals surface area contributed by atoms with Gasteiger partial charge >= 0.3 is 6.09 Å². The zero-order chi connectivity index (χ0) is 12.5. The molecule has 1 amide bonds. The number of carboxylic acid groups (broad SMARTS) is 1. The second kappa shape index (κ2) is 4.43. The van der Waals surface area contributed by atoms with E-state index < -0.39 is 6.09 Å². The molecule has 88 valence electrons. The Morgan fingerprint density at radius 2 is 1.88 bits per heavy atom. The smallest absolute Gasteiger partial charge is 0.411 e. The van der Waals surface area contributed by atoms with Crippen molar-refractivity contribution in [3.05, 3.63) is 22.8 Å². The Bertz CT molecular complexity index is 427. The first-order valence-electron chi connectivity index (χ1n) is 5.01. The van der Waals surface area contributed by atoms with Gasteiger partial charge < -0.3 is 9.84 Å². The molecule has 0 heterocycles. The van der Waals surface area contributed by atoms with Gasteiger partial charge in [0.1, 0.15) is 5.75 Å². The van der Waals surface area contributed by atoms with E-state index in [1.165, 1.54) is 11.9 Å². The molecule has 0 fully saturated rings. The Morgan fingerprint density at radius 1 is 1.31 bits per heavy atom. The van der Waals surface area contributed by atoms with Crippen LogP contribution in [-0.4, -0.2) is 25.4 Å². The van der Waals surface area contributed by atoms with E-state index in [0.29, 0.717) is 5.69 Å². The van der Waals surface area contributed by atoms with Crippen LogP contribution in [0.1, 0.15) is 16.7 Å². The molecule has 4 nitrogen and oxygen atoms in total. The molecule has 0 aliphatic heterocycles. The fourth-order valence-electron chi connectivity index (χ4n) is 1.80. The van der Waals surface area contributed by atoms with Crippen molar-refractivity contribution in [1.29, 1.82) is 0 Å². The summed E-state index contributed by atoms with van der Waals surface area (Å²) < 4.78 is 5.29. The van der Waals surface area contributed by atoms with Crippen LogP contribution in [0.2, 0.25) is 0 Å². The summed E-state index contributed by atoms with van der Waals surface area (Å²) in [4.78, 5) is 12.1. The predicted molar refractivity (Wildman–Crippen MR) is 63.6 cm³/mol. The number of carbonyl (C=O) groups is 1. The van der Waals surface area contributed by atoms with Crippen molar-refractivity contribution in [2.45, 2.75) is 20.8 Å². The van der Waals surface area contributed by atoms with Gasteiger partial charge in [0.15, 0.2) is 0 Å². The number of aryl methyl sites for hydroxylation is 1. The molecule has 0 spiro atoms. The molecule has 1 N–H and O–H groups in total. The van der Waals surface area contributed by atoms with Gasteiger partial charge in [0.05, 0.1) is 12.8 Å². The normalized spacial score (nSPS) is 10.1. The molecule has 16 heavy (non-hydrogen) atoms. The first kappa shape index (κ1) is 12.4. The monoisotopic (exact) mass is 223 g/mol. The highest BCUT2D eigenvalue weighted by Crippen LogP contribution is 2.32. The molecule has 0 aliphatic rings. The fourth-order valence-corrected chi connectivity index (χ4v) is 1.80. The lowest BCUT2D eigenvalue weighted by Crippen LogP contribution is -2.25. The van der Waals surface area contributed by atoms with Crippen molar-refractivity contribution < 1.29 is 14.6 Å². The summed E-state index contributed by atoms with van der Waals surface area (Å²) >= 11 is 0. The van der Waals surface area contributed by atoms with Gasteiger partial charge in [-0.25, -0.2) is 4.79 Å². The van der Waals surface area contributed by atoms with Crippen molar-refractivity contribution in [2.24, 2.45) is 0 Å². The first-order valence-corrected chi connectivity index (χ1v) is 5.01. The Labute approximate surface area is 95.5 Å². The largest absolute Gasteiger partial charge is 0.496 e. The fraction of sp³-hybridized carbons (Fsp3) is 0.417. The van der Waals surface area contributed by atoms with E-state index in [2.05, 4.69) is 0 Å². The summed E-state index contributed by atoms with van der Waals surface area (Å²) in [6, 6.07) is 1.83. The quantitative estimate of drug-likeness (QED) is 0.838. The zero-order valence-electron chi connectivity index (χ0n) is 10.3. The van der Waals surface area contributed by atoms with Crippen molar-refractivity contribution >= 4 is 11.8 Å². The number of methoxy groups -OCH3 is 1. The van der Waals surface area contributed by atoms with Crippen molar-refractivity contribution in [2.75, 3.05) is 19.1 Å². The molecule has 0 radical (unpaired) electrons. The Hall–Kier alpha value is -1.71. The Kier molecular flexibility index (Phi) is 3.42. The summed E-state index contributed by atoms with van der Waals surface area (Å²) in [5, 5.41) is 8.96. The van der Waals surface area contributed by atoms with E-state index in [9.17, 15) is 4.79 Å². The molecule has 1 aromatic rings. The second-order valence-electron chi connectivity index (χ2n) is 3.84. The molecule has 0 saturated heterocycles. The molecular weight excluding hydrogens is 206 g/mol. The van der Waals surface area contributed by atoms with Gasteiger partial charge in [0.25, 0.3) is 0 Å². The van der Waals surface area contributed by atoms with Gasteiger partial charge in [-0.2, -0.15) is 0 Å². The summed E-state index contributed by atoms with van der Waals surface area (Å²) in [6.45, 7) is 5.73. The molecule has 1 rings (SSSR count). The van der Waals surface area contributed by atoms with Crippen LogP contribution in [0, 0.1) is 20.8 Å². The van der Waals surface area contributed by atoms with E-state index >= 15 is 0 Å². The molecule has 0 atom stereocenters. The van der Waals surface area contributed by atoms with Gasteiger partial charge in [0, 0.05) is 7.05 Å². The average Bonchev–Trinajstić information content (AvgIpc) is 2.23. The highest BCUT2D eigenvalue weighted by Gasteiger charge is 2.16. The first-order chi connectivity index (χ1) is 7.40. The maximum absolute atomic E-state index is 10.9. The van der Waals surface area contributed by atoms with E-state index in [-0.39, 0.29) is 0 Å². The molecule has 0 aliphatic carbocycles. The van der Waals surface area contributed by atoms with Crippen LogP contribution in [-0.2, 0) is 0 Å². The van der Waals surface area contributed by atoms with Gasteiger partial charge in [-0.1, -0.05) is 0 Å². The van der Waals surface area contributed by atoms with Crippen LogP contribution in [0.3, 0.4) is 0 Å². The van der Waals surface area contributed by atoms with Crippen molar-refractivity contribution in [1.82, 2.24) is 0 Å². The van der Waals surface area contributed by atoms with Crippen LogP contribution in [0.15, 0.2) is 6.07 Å². The van der Waals surface area contributed by atoms with E-state index in [0.717, 1.165) is 22.4 Å². The van der Waals surface area contributed by atoms with Crippen LogP contribution < -0.4 is 9.64 Å². The third kappa shape index (κ3) is 1.96. The van der Waals surface area contributed by atoms with Gasteiger partial charge in [-0.3, -0.25) is 4.90 Å². The summed E-state index contributed by atoms with van der Waals surface area (Å²) in [5.74, 6) is 0.819. The van der Waals surface area contributed by atoms with Gasteiger partial charge in [-0.05, 0) is 43.5 Å². The lowest BCUT2D eigenvalue weighted by Gasteiger charge is -2.20. The third-order valence-corrected chi connectivity index (χ3v) is 2.85. The number of rotatable bonds is 2. The minimum atomic E-state index is -0.966. The summed E-state index contributed by atoms with van der Waals surface area (Å²) in [7, 11) is 3.16. The number of ether oxygens (including phenoxy) is 1. The van der Waals surface area contributed by atoms with Crippen LogP contribution in [0.5, 0.6) is 5.75 Å². The predicted octanol–water partition coefficient (Wildman–Crippen LogP) is 2.73. The molecule has 0 aromatic heterocycles. The van der Waals surface area contributed by atoms with Crippen LogP contribution in [0.4, 0.5) is 10.5 Å². The standard InChI is InChI=1S/C12H17NO3/c1-7-6-10(13(4)12(14)15)8(2)9(3)11(7)16-5/h6H,1-5H3,(H,14,15). The number of amides is 1. The lowest BCUT2D eigenvalue weighted by atomic mass is 10.0. The Balaban J connectivity index is 3.39. The number of hydrogen-bond acceptors (Lipinski definition) is 2. The average molecular weight is 223 g/mol. The van der Waals surface area contributed by atoms with Crippen LogP contribution >= 0.6 is 0 Å². The molecule has 0 bridgehead atoms. The number of benzene rings is 1. The van der Waals surface area contributed by atoms with Crippen molar-refractivity contribution in [3.8, 4) is 5.75 Å². The SMILES string of the molecule is COc1c(C)cc(N(C)C(=O)O)c(C)c1C. The van der Waals surface area contributed by atoms with Crippen molar-refractivity contribution in [3.63, 3.8) is 0 Å². The molecule has 0 unspecified atom stereocenters. The summed E-state index contributed by atoms with van der Waals surface area (Å²) in [6.07, 6.45) is -0.966. The molecule has 4 heteroatoms. The molecular formula is C12H17NO3. The molecule has 1 aromatic carbocycles. The molecule has 0 saturated carbocycles. The maximum Gasteiger partial charge on any atom is 0.411 e. The number of nitrogens with zero attached hydrogens (tertiary/aromatic N) is 1. The van der Waals surface area contributed by atoms with E-state index in [1.54, 1.807) is 7.11 Å². The minimum absolute atomic E-state index is 0.698. The highest BCUT2D eigenvalue weighted by atomic mass is 16.5. The van der Waals surface area contributed by atoms with Crippen LogP contribution in [0.25, 0.3) is 0 Å². The topological polar surface area (TPSA) is 49.8 Å². The zero-order valence-corrected chi connectivity index (χ0v) is 10.3. The Morgan fingerprint density at radius 3 is 2.31 bits per heavy atom. The highest BCUT2D eigenvalue weighted by molar-refractivity contribution is 5.87.